The number of esters is 3. The molecule has 0 saturated heterocycles. The standard InChI is InChI=1S/C69H118O6/c1-4-7-10-13-16-19-22-25-28-30-31-32-33-34-35-36-37-39-41-44-47-50-53-56-59-62-68(71)74-65-66(64-73-67(70)61-58-55-52-49-46-43-40-27-24-21-18-15-12-9-6-3)75-69(72)63-60-57-54-51-48-45-42-38-29-26-23-20-17-14-11-8-5-2/h8-9,11-12,17-18,20-21,26-27,29-31,40,42,45,66H,4-7,10,13-16,19,22-25,28,32-39,41,43-44,46-65H2,1-3H3/b11-8-,12-9-,20-17-,21-18-,29-26-,31-30-,40-27-,45-42-. The Bertz CT molecular complexity index is 1480. The van der Waals surface area contributed by atoms with Crippen molar-refractivity contribution in [3.05, 3.63) is 97.2 Å². The third-order valence-corrected chi connectivity index (χ3v) is 13.6. The minimum Gasteiger partial charge on any atom is -0.462 e. The molecular formula is C69H118O6. The summed E-state index contributed by atoms with van der Waals surface area (Å²) in [6.45, 7) is 6.40. The van der Waals surface area contributed by atoms with E-state index in [0.717, 1.165) is 135 Å². The molecule has 0 radical (unpaired) electrons. The van der Waals surface area contributed by atoms with Gasteiger partial charge in [0.25, 0.3) is 0 Å². The topological polar surface area (TPSA) is 78.9 Å². The lowest BCUT2D eigenvalue weighted by Gasteiger charge is -2.18. The van der Waals surface area contributed by atoms with Gasteiger partial charge in [0.05, 0.1) is 0 Å². The summed E-state index contributed by atoms with van der Waals surface area (Å²) < 4.78 is 16.9. The molecular weight excluding hydrogens is 925 g/mol. The Labute approximate surface area is 464 Å². The summed E-state index contributed by atoms with van der Waals surface area (Å²) >= 11 is 0. The Morgan fingerprint density at radius 3 is 0.827 bits per heavy atom. The van der Waals surface area contributed by atoms with E-state index >= 15 is 0 Å². The molecule has 430 valence electrons. The van der Waals surface area contributed by atoms with Crippen LogP contribution in [0.1, 0.15) is 303 Å². The van der Waals surface area contributed by atoms with Crippen molar-refractivity contribution >= 4 is 17.9 Å². The van der Waals surface area contributed by atoms with E-state index in [1.165, 1.54) is 128 Å². The molecule has 0 fully saturated rings. The average molecular weight is 1040 g/mol. The normalized spacial score (nSPS) is 12.7. The second-order valence-corrected chi connectivity index (χ2v) is 20.9. The molecule has 1 unspecified atom stereocenters. The van der Waals surface area contributed by atoms with Crippen LogP contribution in [0.3, 0.4) is 0 Å². The van der Waals surface area contributed by atoms with Crippen molar-refractivity contribution in [2.75, 3.05) is 13.2 Å². The lowest BCUT2D eigenvalue weighted by Crippen LogP contribution is -2.30. The predicted molar refractivity (Wildman–Crippen MR) is 325 cm³/mol. The largest absolute Gasteiger partial charge is 0.462 e. The van der Waals surface area contributed by atoms with Gasteiger partial charge >= 0.3 is 17.9 Å². The molecule has 0 N–H and O–H groups in total. The molecule has 0 aliphatic heterocycles. The Kier molecular flexibility index (Phi) is 59.8. The van der Waals surface area contributed by atoms with Gasteiger partial charge in [0.2, 0.25) is 0 Å². The molecule has 0 bridgehead atoms. The lowest BCUT2D eigenvalue weighted by molar-refractivity contribution is -0.167. The fraction of sp³-hybridized carbons (Fsp3) is 0.725. The van der Waals surface area contributed by atoms with E-state index in [1.807, 2.05) is 0 Å². The number of unbranched alkanes of at least 4 members (excludes halogenated alkanes) is 30. The van der Waals surface area contributed by atoms with Gasteiger partial charge in [-0.3, -0.25) is 14.4 Å². The van der Waals surface area contributed by atoms with Crippen molar-refractivity contribution in [2.45, 2.75) is 309 Å². The molecule has 6 heteroatoms. The lowest BCUT2D eigenvalue weighted by atomic mass is 10.0. The van der Waals surface area contributed by atoms with Crippen molar-refractivity contribution in [2.24, 2.45) is 0 Å². The van der Waals surface area contributed by atoms with Gasteiger partial charge in [-0.2, -0.15) is 0 Å². The summed E-state index contributed by atoms with van der Waals surface area (Å²) in [5.74, 6) is -0.926. The van der Waals surface area contributed by atoms with Crippen LogP contribution in [0.15, 0.2) is 97.2 Å². The molecule has 0 spiro atoms. The van der Waals surface area contributed by atoms with Crippen LogP contribution in [0, 0.1) is 0 Å². The monoisotopic (exact) mass is 1040 g/mol. The third kappa shape index (κ3) is 61.1. The SMILES string of the molecule is CC/C=C\C/C=C\C/C=C\C/C=C\CCCCCCC(=O)OC(COC(=O)CCCCCCC/C=C\C/C=C\C/C=C\CC)COC(=O)CCCCCCCCCCCCCCC/C=C\CCCCCCCCCC. The Balaban J connectivity index is 4.35. The number of carbonyl (C=O) groups excluding carboxylic acids is 3. The van der Waals surface area contributed by atoms with Crippen LogP contribution in [0.25, 0.3) is 0 Å². The highest BCUT2D eigenvalue weighted by molar-refractivity contribution is 5.71. The summed E-state index contributed by atoms with van der Waals surface area (Å²) in [6.07, 6.45) is 84.2. The van der Waals surface area contributed by atoms with E-state index in [2.05, 4.69) is 118 Å². The molecule has 0 aliphatic carbocycles. The Hall–Kier alpha value is -3.67. The van der Waals surface area contributed by atoms with Crippen LogP contribution in [-0.2, 0) is 28.6 Å². The number of hydrogen-bond donors (Lipinski definition) is 0. The van der Waals surface area contributed by atoms with Crippen molar-refractivity contribution in [3.63, 3.8) is 0 Å². The van der Waals surface area contributed by atoms with Gasteiger partial charge in [0.15, 0.2) is 6.10 Å². The first-order valence-electron chi connectivity index (χ1n) is 31.7. The highest BCUT2D eigenvalue weighted by Gasteiger charge is 2.19. The van der Waals surface area contributed by atoms with Crippen molar-refractivity contribution in [3.8, 4) is 0 Å². The molecule has 75 heavy (non-hydrogen) atoms. The number of carbonyl (C=O) groups is 3. The highest BCUT2D eigenvalue weighted by Crippen LogP contribution is 2.16. The van der Waals surface area contributed by atoms with E-state index in [0.29, 0.717) is 19.3 Å². The second-order valence-electron chi connectivity index (χ2n) is 20.9. The van der Waals surface area contributed by atoms with Crippen LogP contribution in [0.2, 0.25) is 0 Å². The summed E-state index contributed by atoms with van der Waals surface area (Å²) in [4.78, 5) is 38.3. The maximum absolute atomic E-state index is 12.9. The zero-order valence-electron chi connectivity index (χ0n) is 49.3. The van der Waals surface area contributed by atoms with Crippen LogP contribution in [0.5, 0.6) is 0 Å². The molecule has 0 aliphatic rings. The van der Waals surface area contributed by atoms with Crippen LogP contribution in [0.4, 0.5) is 0 Å². The molecule has 0 rings (SSSR count). The van der Waals surface area contributed by atoms with E-state index in [1.54, 1.807) is 0 Å². The smallest absolute Gasteiger partial charge is 0.306 e. The number of allylic oxidation sites excluding steroid dienone is 16. The van der Waals surface area contributed by atoms with Crippen LogP contribution >= 0.6 is 0 Å². The molecule has 6 nitrogen and oxygen atoms in total. The van der Waals surface area contributed by atoms with Gasteiger partial charge in [0.1, 0.15) is 13.2 Å². The fourth-order valence-electron chi connectivity index (χ4n) is 8.86. The first kappa shape index (κ1) is 71.3. The maximum Gasteiger partial charge on any atom is 0.306 e. The number of hydrogen-bond acceptors (Lipinski definition) is 6. The molecule has 0 saturated carbocycles. The van der Waals surface area contributed by atoms with Crippen molar-refractivity contribution in [1.82, 2.24) is 0 Å². The summed E-state index contributed by atoms with van der Waals surface area (Å²) in [6, 6.07) is 0. The third-order valence-electron chi connectivity index (χ3n) is 13.6. The Morgan fingerprint density at radius 1 is 0.280 bits per heavy atom. The first-order chi connectivity index (χ1) is 37.0. The molecule has 0 amide bonds. The van der Waals surface area contributed by atoms with Crippen LogP contribution < -0.4 is 0 Å². The number of rotatable bonds is 57. The van der Waals surface area contributed by atoms with Gasteiger partial charge in [-0.05, 0) is 116 Å². The molecule has 0 aromatic carbocycles. The molecule has 0 heterocycles. The minimum absolute atomic E-state index is 0.0927. The van der Waals surface area contributed by atoms with E-state index in [9.17, 15) is 14.4 Å². The molecule has 0 aromatic heterocycles. The minimum atomic E-state index is -0.800. The van der Waals surface area contributed by atoms with Gasteiger partial charge < -0.3 is 14.2 Å². The highest BCUT2D eigenvalue weighted by atomic mass is 16.6. The Morgan fingerprint density at radius 2 is 0.520 bits per heavy atom. The van der Waals surface area contributed by atoms with Crippen molar-refractivity contribution in [1.29, 1.82) is 0 Å². The fourth-order valence-corrected chi connectivity index (χ4v) is 8.86. The quantitative estimate of drug-likeness (QED) is 0.0261. The van der Waals surface area contributed by atoms with E-state index < -0.39 is 6.10 Å². The van der Waals surface area contributed by atoms with Crippen molar-refractivity contribution < 1.29 is 28.6 Å². The van der Waals surface area contributed by atoms with Gasteiger partial charge in [-0.15, -0.1) is 0 Å². The first-order valence-corrected chi connectivity index (χ1v) is 31.7. The summed E-state index contributed by atoms with van der Waals surface area (Å²) in [7, 11) is 0. The average Bonchev–Trinajstić information content (AvgIpc) is 3.41. The molecule has 0 aromatic rings. The van der Waals surface area contributed by atoms with Gasteiger partial charge in [-0.25, -0.2) is 0 Å². The summed E-state index contributed by atoms with van der Waals surface area (Å²) in [5.41, 5.74) is 0. The van der Waals surface area contributed by atoms with E-state index in [4.69, 9.17) is 14.2 Å². The van der Waals surface area contributed by atoms with Gasteiger partial charge in [-0.1, -0.05) is 266 Å². The zero-order valence-corrected chi connectivity index (χ0v) is 49.3. The molecule has 1 atom stereocenters. The zero-order chi connectivity index (χ0) is 54.3. The second kappa shape index (κ2) is 62.9. The summed E-state index contributed by atoms with van der Waals surface area (Å²) in [5, 5.41) is 0. The van der Waals surface area contributed by atoms with Gasteiger partial charge in [0, 0.05) is 19.3 Å². The maximum atomic E-state index is 12.9. The van der Waals surface area contributed by atoms with Crippen LogP contribution in [-0.4, -0.2) is 37.2 Å². The van der Waals surface area contributed by atoms with E-state index in [-0.39, 0.29) is 31.1 Å². The predicted octanol–water partition coefficient (Wildman–Crippen LogP) is 21.7. The number of ether oxygens (including phenoxy) is 3.